The topological polar surface area (TPSA) is 90.0 Å². The van der Waals surface area contributed by atoms with Crippen molar-refractivity contribution in [3.63, 3.8) is 0 Å². The van der Waals surface area contributed by atoms with Gasteiger partial charge in [-0.15, -0.1) is 11.8 Å². The van der Waals surface area contributed by atoms with Gasteiger partial charge < -0.3 is 9.47 Å². The van der Waals surface area contributed by atoms with Gasteiger partial charge in [-0.3, -0.25) is 14.4 Å². The summed E-state index contributed by atoms with van der Waals surface area (Å²) in [6.45, 7) is 0. The number of imide groups is 1. The van der Waals surface area contributed by atoms with Gasteiger partial charge in [0.05, 0.1) is 29.4 Å². The highest BCUT2D eigenvalue weighted by atomic mass is 32.2. The van der Waals surface area contributed by atoms with Gasteiger partial charge in [0, 0.05) is 6.42 Å². The van der Waals surface area contributed by atoms with Crippen LogP contribution in [0.25, 0.3) is 0 Å². The second-order valence-electron chi connectivity index (χ2n) is 5.90. The molecule has 0 unspecified atom stereocenters. The molecule has 2 amide bonds. The Morgan fingerprint density at radius 2 is 1.75 bits per heavy atom. The zero-order valence-corrected chi connectivity index (χ0v) is 15.8. The lowest BCUT2D eigenvalue weighted by Crippen LogP contribution is -2.31. The molecular formula is C20H17NO6S. The Labute approximate surface area is 165 Å². The quantitative estimate of drug-likeness (QED) is 0.419. The molecular weight excluding hydrogens is 382 g/mol. The first kappa shape index (κ1) is 19.6. The first-order chi connectivity index (χ1) is 13.5. The molecule has 28 heavy (non-hydrogen) atoms. The maximum Gasteiger partial charge on any atom is 0.337 e. The van der Waals surface area contributed by atoms with Gasteiger partial charge in [-0.05, 0) is 36.4 Å². The number of thioether (sulfide) groups is 1. The van der Waals surface area contributed by atoms with E-state index < -0.39 is 17.2 Å². The summed E-state index contributed by atoms with van der Waals surface area (Å²) in [5, 5.41) is -0.623. The zero-order valence-electron chi connectivity index (χ0n) is 15.0. The van der Waals surface area contributed by atoms with Crippen LogP contribution in [-0.4, -0.2) is 41.9 Å². The van der Waals surface area contributed by atoms with E-state index in [1.54, 1.807) is 30.3 Å². The number of benzene rings is 2. The molecule has 8 heteroatoms. The number of para-hydroxylation sites is 1. The number of ether oxygens (including phenoxy) is 2. The summed E-state index contributed by atoms with van der Waals surface area (Å²) in [6.07, 6.45) is 0.0412. The van der Waals surface area contributed by atoms with E-state index in [2.05, 4.69) is 4.74 Å². The summed E-state index contributed by atoms with van der Waals surface area (Å²) >= 11 is 1.07. The summed E-state index contributed by atoms with van der Waals surface area (Å²) in [7, 11) is 1.28. The normalized spacial score (nSPS) is 16.2. The lowest BCUT2D eigenvalue weighted by molar-refractivity contribution is -0.131. The smallest absolute Gasteiger partial charge is 0.337 e. The van der Waals surface area contributed by atoms with Gasteiger partial charge in [-0.2, -0.15) is 0 Å². The van der Waals surface area contributed by atoms with Crippen molar-refractivity contribution < 1.29 is 28.7 Å². The molecule has 0 bridgehead atoms. The van der Waals surface area contributed by atoms with E-state index in [0.29, 0.717) is 11.3 Å². The van der Waals surface area contributed by atoms with Crippen molar-refractivity contribution in [1.82, 2.24) is 0 Å². The molecule has 7 nitrogen and oxygen atoms in total. The van der Waals surface area contributed by atoms with Crippen LogP contribution in [0.15, 0.2) is 54.6 Å². The predicted molar refractivity (Wildman–Crippen MR) is 103 cm³/mol. The monoisotopic (exact) mass is 399 g/mol. The molecule has 0 radical (unpaired) electrons. The molecule has 0 saturated carbocycles. The fourth-order valence-corrected chi connectivity index (χ4v) is 3.59. The summed E-state index contributed by atoms with van der Waals surface area (Å²) in [4.78, 5) is 49.3. The fourth-order valence-electron chi connectivity index (χ4n) is 2.69. The van der Waals surface area contributed by atoms with Crippen LogP contribution in [0, 0.1) is 0 Å². The van der Waals surface area contributed by atoms with Gasteiger partial charge in [0.2, 0.25) is 11.8 Å². The van der Waals surface area contributed by atoms with E-state index in [1.165, 1.54) is 31.4 Å². The number of hydrogen-bond acceptors (Lipinski definition) is 7. The SMILES string of the molecule is COC(=O)c1ccc(OC(=O)CS[C@H]2CC(=O)N(c3ccccc3)C2=O)cc1. The molecule has 144 valence electrons. The third kappa shape index (κ3) is 4.40. The van der Waals surface area contributed by atoms with E-state index in [-0.39, 0.29) is 29.7 Å². The molecule has 1 atom stereocenters. The van der Waals surface area contributed by atoms with Crippen LogP contribution in [0.5, 0.6) is 5.75 Å². The van der Waals surface area contributed by atoms with Crippen molar-refractivity contribution in [2.45, 2.75) is 11.7 Å². The van der Waals surface area contributed by atoms with E-state index >= 15 is 0 Å². The number of esters is 2. The highest BCUT2D eigenvalue weighted by Gasteiger charge is 2.40. The summed E-state index contributed by atoms with van der Waals surface area (Å²) < 4.78 is 9.79. The van der Waals surface area contributed by atoms with Gasteiger partial charge in [0.25, 0.3) is 0 Å². The molecule has 2 aromatic rings. The zero-order chi connectivity index (χ0) is 20.1. The predicted octanol–water partition coefficient (Wildman–Crippen LogP) is 2.44. The number of carbonyl (C=O) groups excluding carboxylic acids is 4. The number of anilines is 1. The van der Waals surface area contributed by atoms with Crippen molar-refractivity contribution in [2.24, 2.45) is 0 Å². The first-order valence-electron chi connectivity index (χ1n) is 8.42. The Hall–Kier alpha value is -3.13. The minimum Gasteiger partial charge on any atom is -0.465 e. The van der Waals surface area contributed by atoms with Gasteiger partial charge in [-0.1, -0.05) is 18.2 Å². The molecule has 0 aliphatic carbocycles. The van der Waals surface area contributed by atoms with Crippen LogP contribution >= 0.6 is 11.8 Å². The number of methoxy groups -OCH3 is 1. The van der Waals surface area contributed by atoms with E-state index in [1.807, 2.05) is 0 Å². The van der Waals surface area contributed by atoms with Crippen molar-refractivity contribution in [2.75, 3.05) is 17.8 Å². The van der Waals surface area contributed by atoms with Gasteiger partial charge in [-0.25, -0.2) is 9.69 Å². The molecule has 1 aliphatic rings. The average Bonchev–Trinajstić information content (AvgIpc) is 3.00. The summed E-state index contributed by atoms with van der Waals surface area (Å²) in [6, 6.07) is 14.6. The molecule has 0 aromatic heterocycles. The van der Waals surface area contributed by atoms with Gasteiger partial charge in [0.15, 0.2) is 0 Å². The Morgan fingerprint density at radius 1 is 1.07 bits per heavy atom. The maximum atomic E-state index is 12.5. The number of rotatable bonds is 6. The molecule has 0 spiro atoms. The van der Waals surface area contributed by atoms with Crippen molar-refractivity contribution in [3.8, 4) is 5.75 Å². The Kier molecular flexibility index (Phi) is 6.10. The molecule has 3 rings (SSSR count). The van der Waals surface area contributed by atoms with Crippen LogP contribution in [0.3, 0.4) is 0 Å². The Balaban J connectivity index is 1.54. The van der Waals surface area contributed by atoms with Crippen molar-refractivity contribution in [1.29, 1.82) is 0 Å². The lowest BCUT2D eigenvalue weighted by Gasteiger charge is -2.14. The fraction of sp³-hybridized carbons (Fsp3) is 0.200. The first-order valence-corrected chi connectivity index (χ1v) is 9.47. The third-order valence-corrected chi connectivity index (χ3v) is 5.20. The third-order valence-electron chi connectivity index (χ3n) is 4.03. The average molecular weight is 399 g/mol. The van der Waals surface area contributed by atoms with E-state index in [9.17, 15) is 19.2 Å². The minimum absolute atomic E-state index is 0.0412. The van der Waals surface area contributed by atoms with Crippen LogP contribution in [0.4, 0.5) is 5.69 Å². The van der Waals surface area contributed by atoms with Crippen LogP contribution in [-0.2, 0) is 19.1 Å². The molecule has 1 saturated heterocycles. The number of nitrogens with zero attached hydrogens (tertiary/aromatic N) is 1. The van der Waals surface area contributed by atoms with Gasteiger partial charge in [0.1, 0.15) is 5.75 Å². The number of carbonyl (C=O) groups is 4. The standard InChI is InChI=1S/C20H17NO6S/c1-26-20(25)13-7-9-15(10-8-13)27-18(23)12-28-16-11-17(22)21(19(16)24)14-5-3-2-4-6-14/h2-10,16H,11-12H2,1H3/t16-/m0/s1. The van der Waals surface area contributed by atoms with Gasteiger partial charge >= 0.3 is 11.9 Å². The molecule has 1 heterocycles. The van der Waals surface area contributed by atoms with Crippen LogP contribution < -0.4 is 9.64 Å². The second kappa shape index (κ2) is 8.71. The van der Waals surface area contributed by atoms with E-state index in [4.69, 9.17) is 4.74 Å². The molecule has 2 aromatic carbocycles. The Morgan fingerprint density at radius 3 is 2.39 bits per heavy atom. The minimum atomic E-state index is -0.623. The largest absolute Gasteiger partial charge is 0.465 e. The summed E-state index contributed by atoms with van der Waals surface area (Å²) in [5.74, 6) is -1.46. The number of hydrogen-bond donors (Lipinski definition) is 0. The molecule has 1 aliphatic heterocycles. The highest BCUT2D eigenvalue weighted by molar-refractivity contribution is 8.01. The van der Waals surface area contributed by atoms with Crippen LogP contribution in [0.2, 0.25) is 0 Å². The summed E-state index contributed by atoms with van der Waals surface area (Å²) in [5.41, 5.74) is 0.863. The highest BCUT2D eigenvalue weighted by Crippen LogP contribution is 2.29. The molecule has 0 N–H and O–H groups in total. The number of amides is 2. The second-order valence-corrected chi connectivity index (χ2v) is 7.09. The maximum absolute atomic E-state index is 12.5. The van der Waals surface area contributed by atoms with Crippen molar-refractivity contribution in [3.05, 3.63) is 60.2 Å². The van der Waals surface area contributed by atoms with E-state index in [0.717, 1.165) is 16.7 Å². The van der Waals surface area contributed by atoms with Crippen molar-refractivity contribution >= 4 is 41.2 Å². The molecule has 1 fully saturated rings. The van der Waals surface area contributed by atoms with Crippen LogP contribution in [0.1, 0.15) is 16.8 Å². The Bertz CT molecular complexity index is 897. The lowest BCUT2D eigenvalue weighted by atomic mass is 10.2.